The Hall–Kier alpha value is -2.82. The van der Waals surface area contributed by atoms with Crippen molar-refractivity contribution >= 4 is 17.6 Å². The van der Waals surface area contributed by atoms with E-state index >= 15 is 0 Å². The third-order valence-electron chi connectivity index (χ3n) is 3.23. The van der Waals surface area contributed by atoms with Crippen molar-refractivity contribution in [2.24, 2.45) is 0 Å². The number of aromatic hydroxyl groups is 1. The van der Waals surface area contributed by atoms with Crippen LogP contribution in [0.1, 0.15) is 16.7 Å². The van der Waals surface area contributed by atoms with Crippen molar-refractivity contribution in [3.8, 4) is 11.5 Å². The van der Waals surface area contributed by atoms with Gasteiger partial charge in [0.15, 0.2) is 11.5 Å². The number of carbonyl (C=O) groups is 1. The van der Waals surface area contributed by atoms with Gasteiger partial charge in [-0.3, -0.25) is 0 Å². The highest BCUT2D eigenvalue weighted by Gasteiger charge is 2.13. The molecule has 2 aromatic rings. The molecule has 4 nitrogen and oxygen atoms in total. The fourth-order valence-corrected chi connectivity index (χ4v) is 1.99. The van der Waals surface area contributed by atoms with E-state index in [2.05, 4.69) is 0 Å². The Balaban J connectivity index is 2.49. The van der Waals surface area contributed by atoms with Gasteiger partial charge < -0.3 is 14.9 Å². The highest BCUT2D eigenvalue weighted by molar-refractivity contribution is 6.20. The second kappa shape index (κ2) is 6.30. The molecule has 0 aromatic heterocycles. The molecule has 0 radical (unpaired) electrons. The summed E-state index contributed by atoms with van der Waals surface area (Å²) in [7, 11) is 1.42. The summed E-state index contributed by atoms with van der Waals surface area (Å²) < 4.78 is 18.6. The number of hydrogen-bond donors (Lipinski definition) is 2. The number of aliphatic carboxylic acids is 1. The van der Waals surface area contributed by atoms with E-state index in [-0.39, 0.29) is 22.6 Å². The first kappa shape index (κ1) is 15.6. The maximum atomic E-state index is 13.6. The van der Waals surface area contributed by atoms with Crippen molar-refractivity contribution in [1.82, 2.24) is 0 Å². The van der Waals surface area contributed by atoms with Crippen LogP contribution in [0.3, 0.4) is 0 Å². The van der Waals surface area contributed by atoms with Crippen LogP contribution in [0.4, 0.5) is 4.39 Å². The summed E-state index contributed by atoms with van der Waals surface area (Å²) in [6.07, 6.45) is 1.37. The van der Waals surface area contributed by atoms with E-state index < -0.39 is 11.8 Å². The van der Waals surface area contributed by atoms with Gasteiger partial charge in [0.1, 0.15) is 5.82 Å². The predicted octanol–water partition coefficient (Wildman–Crippen LogP) is 3.47. The number of ether oxygens (including phenoxy) is 1. The van der Waals surface area contributed by atoms with Gasteiger partial charge in [0.05, 0.1) is 12.7 Å². The van der Waals surface area contributed by atoms with E-state index in [1.807, 2.05) is 0 Å². The molecule has 114 valence electrons. The highest BCUT2D eigenvalue weighted by atomic mass is 19.1. The zero-order valence-corrected chi connectivity index (χ0v) is 12.1. The van der Waals surface area contributed by atoms with Crippen molar-refractivity contribution in [3.05, 3.63) is 58.9 Å². The van der Waals surface area contributed by atoms with Crippen LogP contribution in [0.2, 0.25) is 0 Å². The van der Waals surface area contributed by atoms with Crippen molar-refractivity contribution in [2.75, 3.05) is 7.11 Å². The summed E-state index contributed by atoms with van der Waals surface area (Å²) in [6.45, 7) is 1.60. The zero-order chi connectivity index (χ0) is 16.3. The molecule has 0 unspecified atom stereocenters. The third kappa shape index (κ3) is 3.25. The van der Waals surface area contributed by atoms with E-state index in [1.54, 1.807) is 19.1 Å². The van der Waals surface area contributed by atoms with Gasteiger partial charge in [-0.15, -0.1) is 0 Å². The fourth-order valence-electron chi connectivity index (χ4n) is 1.99. The van der Waals surface area contributed by atoms with Crippen molar-refractivity contribution < 1.29 is 24.1 Å². The van der Waals surface area contributed by atoms with Crippen LogP contribution in [0.15, 0.2) is 36.4 Å². The summed E-state index contributed by atoms with van der Waals surface area (Å²) >= 11 is 0. The standard InChI is InChI=1S/C17H15FO4/c1-10-3-5-12(9-14(10)18)13(17(20)21)7-11-4-6-16(22-2)15(19)8-11/h3-9,19H,1-2H3,(H,20,21)/b13-7-. The highest BCUT2D eigenvalue weighted by Crippen LogP contribution is 2.28. The Bertz CT molecular complexity index is 750. The minimum Gasteiger partial charge on any atom is -0.504 e. The van der Waals surface area contributed by atoms with Crippen LogP contribution < -0.4 is 4.74 Å². The summed E-state index contributed by atoms with van der Waals surface area (Å²) in [6, 6.07) is 8.75. The molecule has 0 aliphatic carbocycles. The number of methoxy groups -OCH3 is 1. The summed E-state index contributed by atoms with van der Waals surface area (Å²) in [5, 5.41) is 19.1. The van der Waals surface area contributed by atoms with E-state index in [0.29, 0.717) is 11.1 Å². The molecule has 2 aromatic carbocycles. The second-order valence-electron chi connectivity index (χ2n) is 4.76. The summed E-state index contributed by atoms with van der Waals surface area (Å²) in [5.74, 6) is -1.47. The molecule has 0 fully saturated rings. The first-order chi connectivity index (χ1) is 10.4. The van der Waals surface area contributed by atoms with Crippen LogP contribution in [0.25, 0.3) is 11.6 Å². The smallest absolute Gasteiger partial charge is 0.336 e. The molecule has 0 bridgehead atoms. The Labute approximate surface area is 127 Å². The van der Waals surface area contributed by atoms with Crippen molar-refractivity contribution in [3.63, 3.8) is 0 Å². The Morgan fingerprint density at radius 3 is 2.50 bits per heavy atom. The summed E-state index contributed by atoms with van der Waals surface area (Å²) in [4.78, 5) is 11.4. The molecule has 0 heterocycles. The van der Waals surface area contributed by atoms with Gasteiger partial charge >= 0.3 is 5.97 Å². The van der Waals surface area contributed by atoms with Crippen LogP contribution in [0, 0.1) is 12.7 Å². The average molecular weight is 302 g/mol. The maximum Gasteiger partial charge on any atom is 0.336 e. The van der Waals surface area contributed by atoms with Crippen LogP contribution in [0.5, 0.6) is 11.5 Å². The minimum atomic E-state index is -1.18. The lowest BCUT2D eigenvalue weighted by molar-refractivity contribution is -0.130. The molecule has 5 heteroatoms. The fraction of sp³-hybridized carbons (Fsp3) is 0.118. The molecular formula is C17H15FO4. The number of rotatable bonds is 4. The lowest BCUT2D eigenvalue weighted by Crippen LogP contribution is -2.00. The maximum absolute atomic E-state index is 13.6. The van der Waals surface area contributed by atoms with Gasteiger partial charge in [-0.05, 0) is 47.9 Å². The number of halogens is 1. The molecule has 0 saturated heterocycles. The Morgan fingerprint density at radius 2 is 1.95 bits per heavy atom. The quantitative estimate of drug-likeness (QED) is 0.670. The van der Waals surface area contributed by atoms with E-state index in [9.17, 15) is 19.4 Å². The molecule has 2 N–H and O–H groups in total. The monoisotopic (exact) mass is 302 g/mol. The molecule has 0 atom stereocenters. The predicted molar refractivity (Wildman–Crippen MR) is 81.3 cm³/mol. The van der Waals surface area contributed by atoms with Gasteiger partial charge in [-0.25, -0.2) is 9.18 Å². The number of hydrogen-bond acceptors (Lipinski definition) is 3. The third-order valence-corrected chi connectivity index (χ3v) is 3.23. The molecular weight excluding hydrogens is 287 g/mol. The molecule has 22 heavy (non-hydrogen) atoms. The van der Waals surface area contributed by atoms with Crippen LogP contribution in [-0.4, -0.2) is 23.3 Å². The lowest BCUT2D eigenvalue weighted by atomic mass is 10.0. The number of phenols is 1. The van der Waals surface area contributed by atoms with Crippen molar-refractivity contribution in [1.29, 1.82) is 0 Å². The first-order valence-electron chi connectivity index (χ1n) is 6.51. The molecule has 0 saturated carbocycles. The zero-order valence-electron chi connectivity index (χ0n) is 12.1. The largest absolute Gasteiger partial charge is 0.504 e. The van der Waals surface area contributed by atoms with E-state index in [1.165, 1.54) is 37.5 Å². The summed E-state index contributed by atoms with van der Waals surface area (Å²) in [5.41, 5.74) is 1.10. The van der Waals surface area contributed by atoms with Gasteiger partial charge in [0.2, 0.25) is 0 Å². The minimum absolute atomic E-state index is 0.0662. The number of carboxylic acids is 1. The molecule has 0 aliphatic rings. The van der Waals surface area contributed by atoms with Gasteiger partial charge in [0, 0.05) is 0 Å². The molecule has 0 spiro atoms. The Morgan fingerprint density at radius 1 is 1.23 bits per heavy atom. The van der Waals surface area contributed by atoms with Gasteiger partial charge in [0.25, 0.3) is 0 Å². The second-order valence-corrected chi connectivity index (χ2v) is 4.76. The number of aryl methyl sites for hydroxylation is 1. The van der Waals surface area contributed by atoms with E-state index in [4.69, 9.17) is 4.74 Å². The topological polar surface area (TPSA) is 66.8 Å². The average Bonchev–Trinajstić information content (AvgIpc) is 2.47. The van der Waals surface area contributed by atoms with Crippen molar-refractivity contribution in [2.45, 2.75) is 6.92 Å². The van der Waals surface area contributed by atoms with Gasteiger partial charge in [-0.1, -0.05) is 18.2 Å². The number of carboxylic acid groups (broad SMARTS) is 1. The first-order valence-corrected chi connectivity index (χ1v) is 6.51. The van der Waals surface area contributed by atoms with Gasteiger partial charge in [-0.2, -0.15) is 0 Å². The molecule has 0 aliphatic heterocycles. The number of benzene rings is 2. The van der Waals surface area contributed by atoms with E-state index in [0.717, 1.165) is 0 Å². The molecule has 0 amide bonds. The SMILES string of the molecule is COc1ccc(/C=C(\C(=O)O)c2ccc(C)c(F)c2)cc1O. The lowest BCUT2D eigenvalue weighted by Gasteiger charge is -2.07. The van der Waals surface area contributed by atoms with Crippen LogP contribution >= 0.6 is 0 Å². The Kier molecular flexibility index (Phi) is 4.46. The number of phenolic OH excluding ortho intramolecular Hbond substituents is 1. The normalized spacial score (nSPS) is 11.3. The molecule has 2 rings (SSSR count). The van der Waals surface area contributed by atoms with Crippen LogP contribution in [-0.2, 0) is 4.79 Å².